The van der Waals surface area contributed by atoms with Crippen LogP contribution in [0, 0.1) is 0 Å². The molecule has 0 aromatic carbocycles. The van der Waals surface area contributed by atoms with E-state index in [1.54, 1.807) is 31.2 Å². The predicted molar refractivity (Wildman–Crippen MR) is 63.1 cm³/mol. The third-order valence-corrected chi connectivity index (χ3v) is 2.12. The number of hydrogen-bond acceptors (Lipinski definition) is 6. The molecule has 0 atom stereocenters. The summed E-state index contributed by atoms with van der Waals surface area (Å²) >= 11 is 0. The Morgan fingerprint density at radius 1 is 1.53 bits per heavy atom. The minimum Gasteiger partial charge on any atom is -0.481 e. The Balaban J connectivity index is 2.51. The minimum absolute atomic E-state index is 0.220. The van der Waals surface area contributed by atoms with E-state index in [-0.39, 0.29) is 5.97 Å². The average molecular weight is 239 g/mol. The highest BCUT2D eigenvalue weighted by atomic mass is 16.5. The van der Waals surface area contributed by atoms with Crippen molar-refractivity contribution >= 4 is 11.9 Å². The van der Waals surface area contributed by atoms with E-state index in [2.05, 4.69) is 9.97 Å². The summed E-state index contributed by atoms with van der Waals surface area (Å²) in [6, 6.07) is 1.67. The van der Waals surface area contributed by atoms with Crippen LogP contribution in [0.2, 0.25) is 0 Å². The van der Waals surface area contributed by atoms with Crippen LogP contribution in [0.25, 0.3) is 0 Å². The van der Waals surface area contributed by atoms with Gasteiger partial charge in [-0.05, 0) is 6.92 Å². The van der Waals surface area contributed by atoms with Gasteiger partial charge in [-0.2, -0.15) is 4.98 Å². The van der Waals surface area contributed by atoms with Gasteiger partial charge < -0.3 is 14.4 Å². The van der Waals surface area contributed by atoms with Crippen molar-refractivity contribution in [3.05, 3.63) is 12.3 Å². The van der Waals surface area contributed by atoms with Crippen molar-refractivity contribution < 1.29 is 14.3 Å². The van der Waals surface area contributed by atoms with Crippen LogP contribution >= 0.6 is 0 Å². The first-order valence-corrected chi connectivity index (χ1v) is 5.41. The number of esters is 1. The number of aromatic nitrogens is 2. The molecule has 0 saturated carbocycles. The van der Waals surface area contributed by atoms with Crippen molar-refractivity contribution in [1.82, 2.24) is 9.97 Å². The molecule has 17 heavy (non-hydrogen) atoms. The fourth-order valence-electron chi connectivity index (χ4n) is 1.22. The van der Waals surface area contributed by atoms with Gasteiger partial charge in [0.2, 0.25) is 11.8 Å². The number of carbonyl (C=O) groups excluding carboxylic acids is 1. The highest BCUT2D eigenvalue weighted by Crippen LogP contribution is 2.10. The largest absolute Gasteiger partial charge is 0.481 e. The Labute approximate surface area is 101 Å². The van der Waals surface area contributed by atoms with Gasteiger partial charge in [0.25, 0.3) is 0 Å². The minimum atomic E-state index is -0.220. The third kappa shape index (κ3) is 4.26. The van der Waals surface area contributed by atoms with Crippen molar-refractivity contribution in [3.63, 3.8) is 0 Å². The first kappa shape index (κ1) is 13.2. The van der Waals surface area contributed by atoms with Gasteiger partial charge in [-0.1, -0.05) is 0 Å². The van der Waals surface area contributed by atoms with Crippen molar-refractivity contribution in [2.45, 2.75) is 13.3 Å². The molecule has 94 valence electrons. The standard InChI is InChI=1S/C11H17N3O3/c1-4-17-10(15)6-8-14(2)11-12-7-5-9(13-11)16-3/h5,7H,4,6,8H2,1-3H3. The third-order valence-electron chi connectivity index (χ3n) is 2.12. The topological polar surface area (TPSA) is 64.5 Å². The first-order chi connectivity index (χ1) is 8.17. The lowest BCUT2D eigenvalue weighted by Gasteiger charge is -2.16. The summed E-state index contributed by atoms with van der Waals surface area (Å²) in [6.45, 7) is 2.69. The maximum Gasteiger partial charge on any atom is 0.307 e. The zero-order valence-corrected chi connectivity index (χ0v) is 10.3. The van der Waals surface area contributed by atoms with Crippen LogP contribution in [-0.2, 0) is 9.53 Å². The quantitative estimate of drug-likeness (QED) is 0.686. The zero-order chi connectivity index (χ0) is 12.7. The van der Waals surface area contributed by atoms with Gasteiger partial charge in [-0.3, -0.25) is 4.79 Å². The second kappa shape index (κ2) is 6.67. The van der Waals surface area contributed by atoms with Gasteiger partial charge in [0, 0.05) is 25.9 Å². The molecule has 0 unspecified atom stereocenters. The van der Waals surface area contributed by atoms with Crippen LogP contribution in [0.4, 0.5) is 5.95 Å². The zero-order valence-electron chi connectivity index (χ0n) is 10.3. The Morgan fingerprint density at radius 3 is 2.94 bits per heavy atom. The monoisotopic (exact) mass is 239 g/mol. The van der Waals surface area contributed by atoms with Crippen molar-refractivity contribution in [1.29, 1.82) is 0 Å². The fraction of sp³-hybridized carbons (Fsp3) is 0.545. The molecule has 0 aliphatic carbocycles. The summed E-state index contributed by atoms with van der Waals surface area (Å²) in [7, 11) is 3.36. The molecule has 0 amide bonds. The van der Waals surface area contributed by atoms with E-state index >= 15 is 0 Å². The maximum absolute atomic E-state index is 11.2. The average Bonchev–Trinajstić information content (AvgIpc) is 2.36. The summed E-state index contributed by atoms with van der Waals surface area (Å²) in [5.74, 6) is 0.800. The Bertz CT molecular complexity index is 371. The smallest absolute Gasteiger partial charge is 0.307 e. The second-order valence-corrected chi connectivity index (χ2v) is 3.38. The van der Waals surface area contributed by atoms with Gasteiger partial charge in [-0.25, -0.2) is 4.98 Å². The molecule has 0 bridgehead atoms. The Hall–Kier alpha value is -1.85. The van der Waals surface area contributed by atoms with E-state index in [0.29, 0.717) is 31.4 Å². The van der Waals surface area contributed by atoms with E-state index in [4.69, 9.17) is 9.47 Å². The number of ether oxygens (including phenoxy) is 2. The van der Waals surface area contributed by atoms with Gasteiger partial charge >= 0.3 is 5.97 Å². The second-order valence-electron chi connectivity index (χ2n) is 3.38. The molecule has 0 radical (unpaired) electrons. The highest BCUT2D eigenvalue weighted by molar-refractivity contribution is 5.70. The summed E-state index contributed by atoms with van der Waals surface area (Å²) in [5.41, 5.74) is 0. The molecule has 1 aromatic rings. The molecular formula is C11H17N3O3. The lowest BCUT2D eigenvalue weighted by molar-refractivity contribution is -0.142. The van der Waals surface area contributed by atoms with Gasteiger partial charge in [0.05, 0.1) is 20.1 Å². The molecule has 0 spiro atoms. The van der Waals surface area contributed by atoms with E-state index in [0.717, 1.165) is 0 Å². The van der Waals surface area contributed by atoms with Gasteiger partial charge in [-0.15, -0.1) is 0 Å². The number of carbonyl (C=O) groups is 1. The van der Waals surface area contributed by atoms with Crippen molar-refractivity contribution in [2.24, 2.45) is 0 Å². The number of anilines is 1. The molecule has 0 fully saturated rings. The van der Waals surface area contributed by atoms with E-state index in [1.807, 2.05) is 7.05 Å². The fourth-order valence-corrected chi connectivity index (χ4v) is 1.22. The van der Waals surface area contributed by atoms with E-state index in [9.17, 15) is 4.79 Å². The lowest BCUT2D eigenvalue weighted by atomic mass is 10.4. The number of rotatable bonds is 6. The van der Waals surface area contributed by atoms with Crippen LogP contribution in [0.5, 0.6) is 5.88 Å². The maximum atomic E-state index is 11.2. The van der Waals surface area contributed by atoms with Crippen LogP contribution in [0.15, 0.2) is 12.3 Å². The molecule has 1 aromatic heterocycles. The molecule has 1 heterocycles. The van der Waals surface area contributed by atoms with Gasteiger partial charge in [0.15, 0.2) is 0 Å². The summed E-state index contributed by atoms with van der Waals surface area (Å²) in [4.78, 5) is 21.2. The SMILES string of the molecule is CCOC(=O)CCN(C)c1nccc(OC)n1. The van der Waals surface area contributed by atoms with Gasteiger partial charge in [0.1, 0.15) is 0 Å². The molecular weight excluding hydrogens is 222 g/mol. The Kier molecular flexibility index (Phi) is 5.19. The molecule has 0 aliphatic rings. The first-order valence-electron chi connectivity index (χ1n) is 5.41. The summed E-state index contributed by atoms with van der Waals surface area (Å²) < 4.78 is 9.84. The normalized spacial score (nSPS) is 9.82. The predicted octanol–water partition coefficient (Wildman–Crippen LogP) is 0.875. The molecule has 0 N–H and O–H groups in total. The van der Waals surface area contributed by atoms with Crippen LogP contribution in [-0.4, -0.2) is 43.2 Å². The van der Waals surface area contributed by atoms with Crippen LogP contribution < -0.4 is 9.64 Å². The van der Waals surface area contributed by atoms with E-state index < -0.39 is 0 Å². The molecule has 6 heteroatoms. The Morgan fingerprint density at radius 2 is 2.29 bits per heavy atom. The molecule has 6 nitrogen and oxygen atoms in total. The number of hydrogen-bond donors (Lipinski definition) is 0. The molecule has 0 aliphatic heterocycles. The summed E-state index contributed by atoms with van der Waals surface area (Å²) in [6.07, 6.45) is 1.92. The van der Waals surface area contributed by atoms with Crippen LogP contribution in [0.3, 0.4) is 0 Å². The summed E-state index contributed by atoms with van der Waals surface area (Å²) in [5, 5.41) is 0. The molecule has 1 rings (SSSR count). The highest BCUT2D eigenvalue weighted by Gasteiger charge is 2.08. The van der Waals surface area contributed by atoms with Crippen molar-refractivity contribution in [2.75, 3.05) is 32.2 Å². The number of nitrogens with zero attached hydrogens (tertiary/aromatic N) is 3. The lowest BCUT2D eigenvalue weighted by Crippen LogP contribution is -2.23. The molecule has 0 saturated heterocycles. The van der Waals surface area contributed by atoms with Crippen LogP contribution in [0.1, 0.15) is 13.3 Å². The van der Waals surface area contributed by atoms with E-state index in [1.165, 1.54) is 0 Å². The number of methoxy groups -OCH3 is 1. The van der Waals surface area contributed by atoms with Crippen molar-refractivity contribution in [3.8, 4) is 5.88 Å².